The molecule has 2 rings (SSSR count). The van der Waals surface area contributed by atoms with Gasteiger partial charge in [-0.05, 0) is 26.3 Å². The standard InChI is InChI=1S/C13H19N3O3S/c1-3-16(7-12(17)18)10-4-9(5-10)15-13(19)11-6-14-8(2)20-11/h6,9-10H,3-5,7H2,1-2H3,(H,15,19)(H,17,18). The highest BCUT2D eigenvalue weighted by Crippen LogP contribution is 2.26. The third-order valence-corrected chi connectivity index (χ3v) is 4.47. The van der Waals surface area contributed by atoms with E-state index >= 15 is 0 Å². The Morgan fingerprint density at radius 1 is 1.55 bits per heavy atom. The molecule has 110 valence electrons. The first kappa shape index (κ1) is 14.9. The maximum Gasteiger partial charge on any atom is 0.317 e. The van der Waals surface area contributed by atoms with Crippen molar-refractivity contribution >= 4 is 23.2 Å². The van der Waals surface area contributed by atoms with Crippen LogP contribution in [0.4, 0.5) is 0 Å². The number of aromatic nitrogens is 1. The number of carbonyl (C=O) groups excluding carboxylic acids is 1. The van der Waals surface area contributed by atoms with E-state index in [1.54, 1.807) is 6.20 Å². The van der Waals surface area contributed by atoms with E-state index in [2.05, 4.69) is 10.3 Å². The molecule has 0 spiro atoms. The van der Waals surface area contributed by atoms with Gasteiger partial charge in [0, 0.05) is 12.1 Å². The lowest BCUT2D eigenvalue weighted by molar-refractivity contribution is -0.139. The molecule has 1 amide bonds. The van der Waals surface area contributed by atoms with Gasteiger partial charge < -0.3 is 10.4 Å². The van der Waals surface area contributed by atoms with E-state index in [1.165, 1.54) is 11.3 Å². The Morgan fingerprint density at radius 3 is 2.75 bits per heavy atom. The maximum atomic E-state index is 11.9. The highest BCUT2D eigenvalue weighted by atomic mass is 32.1. The molecule has 6 nitrogen and oxygen atoms in total. The molecule has 0 aliphatic heterocycles. The molecule has 0 aromatic carbocycles. The smallest absolute Gasteiger partial charge is 0.317 e. The van der Waals surface area contributed by atoms with E-state index in [0.717, 1.165) is 17.8 Å². The van der Waals surface area contributed by atoms with Crippen molar-refractivity contribution in [1.82, 2.24) is 15.2 Å². The van der Waals surface area contributed by atoms with Gasteiger partial charge in [0.2, 0.25) is 0 Å². The number of carboxylic acid groups (broad SMARTS) is 1. The van der Waals surface area contributed by atoms with E-state index in [9.17, 15) is 9.59 Å². The fourth-order valence-corrected chi connectivity index (χ4v) is 3.08. The second-order valence-corrected chi connectivity index (χ2v) is 6.23. The molecular formula is C13H19N3O3S. The lowest BCUT2D eigenvalue weighted by Crippen LogP contribution is -2.54. The van der Waals surface area contributed by atoms with Crippen LogP contribution in [0.5, 0.6) is 0 Å². The highest BCUT2D eigenvalue weighted by molar-refractivity contribution is 7.13. The van der Waals surface area contributed by atoms with Crippen LogP contribution >= 0.6 is 11.3 Å². The van der Waals surface area contributed by atoms with Crippen molar-refractivity contribution in [3.63, 3.8) is 0 Å². The van der Waals surface area contributed by atoms with E-state index in [1.807, 2.05) is 18.7 Å². The zero-order chi connectivity index (χ0) is 14.7. The number of hydrogen-bond donors (Lipinski definition) is 2. The molecule has 1 aliphatic rings. The number of carboxylic acids is 1. The Bertz CT molecular complexity index is 497. The van der Waals surface area contributed by atoms with Gasteiger partial charge in [-0.2, -0.15) is 0 Å². The largest absolute Gasteiger partial charge is 0.480 e. The molecule has 1 heterocycles. The molecule has 0 unspecified atom stereocenters. The zero-order valence-electron chi connectivity index (χ0n) is 11.6. The summed E-state index contributed by atoms with van der Waals surface area (Å²) < 4.78 is 0. The molecule has 0 radical (unpaired) electrons. The van der Waals surface area contributed by atoms with Crippen molar-refractivity contribution in [3.8, 4) is 0 Å². The number of nitrogens with one attached hydrogen (secondary N) is 1. The summed E-state index contributed by atoms with van der Waals surface area (Å²) in [5.74, 6) is -0.889. The van der Waals surface area contributed by atoms with Crippen LogP contribution in [0.25, 0.3) is 0 Å². The first-order valence-corrected chi connectivity index (χ1v) is 7.50. The van der Waals surface area contributed by atoms with Crippen molar-refractivity contribution < 1.29 is 14.7 Å². The van der Waals surface area contributed by atoms with Gasteiger partial charge in [-0.25, -0.2) is 4.98 Å². The van der Waals surface area contributed by atoms with Gasteiger partial charge in [0.1, 0.15) is 4.88 Å². The molecule has 20 heavy (non-hydrogen) atoms. The summed E-state index contributed by atoms with van der Waals surface area (Å²) in [5.41, 5.74) is 0. The lowest BCUT2D eigenvalue weighted by atomic mass is 9.85. The summed E-state index contributed by atoms with van der Waals surface area (Å²) in [5, 5.41) is 12.7. The molecule has 0 saturated heterocycles. The number of carbonyl (C=O) groups is 2. The molecule has 2 N–H and O–H groups in total. The number of aryl methyl sites for hydroxylation is 1. The summed E-state index contributed by atoms with van der Waals surface area (Å²) in [6, 6.07) is 0.391. The SMILES string of the molecule is CCN(CC(=O)O)C1CC(NC(=O)c2cnc(C)s2)C1. The van der Waals surface area contributed by atoms with Crippen LogP contribution in [0.3, 0.4) is 0 Å². The molecule has 1 aliphatic carbocycles. The Hall–Kier alpha value is -1.47. The van der Waals surface area contributed by atoms with Crippen molar-refractivity contribution in [3.05, 3.63) is 16.1 Å². The van der Waals surface area contributed by atoms with Crippen LogP contribution in [0.15, 0.2) is 6.20 Å². The van der Waals surface area contributed by atoms with Gasteiger partial charge in [0.05, 0.1) is 17.7 Å². The number of aliphatic carboxylic acids is 1. The van der Waals surface area contributed by atoms with E-state index < -0.39 is 5.97 Å². The third kappa shape index (κ3) is 3.55. The molecule has 1 fully saturated rings. The Kier molecular flexibility index (Phi) is 4.72. The average Bonchev–Trinajstić information content (AvgIpc) is 2.77. The van der Waals surface area contributed by atoms with Crippen molar-refractivity contribution in [2.45, 2.75) is 38.8 Å². The van der Waals surface area contributed by atoms with Gasteiger partial charge >= 0.3 is 5.97 Å². The molecule has 7 heteroatoms. The fraction of sp³-hybridized carbons (Fsp3) is 0.615. The highest BCUT2D eigenvalue weighted by Gasteiger charge is 2.34. The van der Waals surface area contributed by atoms with Gasteiger partial charge in [0.25, 0.3) is 5.91 Å². The molecule has 0 atom stereocenters. The molecular weight excluding hydrogens is 278 g/mol. The molecule has 0 bridgehead atoms. The van der Waals surface area contributed by atoms with E-state index in [4.69, 9.17) is 5.11 Å². The van der Waals surface area contributed by atoms with Crippen molar-refractivity contribution in [2.24, 2.45) is 0 Å². The minimum Gasteiger partial charge on any atom is -0.480 e. The van der Waals surface area contributed by atoms with Crippen LogP contribution < -0.4 is 5.32 Å². The molecule has 1 aromatic heterocycles. The van der Waals surface area contributed by atoms with Gasteiger partial charge in [-0.1, -0.05) is 6.92 Å². The molecule has 1 saturated carbocycles. The van der Waals surface area contributed by atoms with E-state index in [-0.39, 0.29) is 24.5 Å². The number of amides is 1. The number of nitrogens with zero attached hydrogens (tertiary/aromatic N) is 2. The quantitative estimate of drug-likeness (QED) is 0.822. The summed E-state index contributed by atoms with van der Waals surface area (Å²) in [6.45, 7) is 4.60. The van der Waals surface area contributed by atoms with Crippen LogP contribution in [-0.2, 0) is 4.79 Å². The number of thiazole rings is 1. The summed E-state index contributed by atoms with van der Waals surface area (Å²) in [7, 11) is 0. The number of likely N-dealkylation sites (N-methyl/N-ethyl adjacent to an activating group) is 1. The molecule has 1 aromatic rings. The van der Waals surface area contributed by atoms with Gasteiger partial charge in [-0.3, -0.25) is 14.5 Å². The normalized spacial score (nSPS) is 21.6. The monoisotopic (exact) mass is 297 g/mol. The van der Waals surface area contributed by atoms with Crippen LogP contribution in [0.2, 0.25) is 0 Å². The van der Waals surface area contributed by atoms with Crippen LogP contribution in [-0.4, -0.2) is 52.0 Å². The summed E-state index contributed by atoms with van der Waals surface area (Å²) in [4.78, 5) is 29.3. The second kappa shape index (κ2) is 6.32. The average molecular weight is 297 g/mol. The van der Waals surface area contributed by atoms with Crippen LogP contribution in [0, 0.1) is 6.92 Å². The van der Waals surface area contributed by atoms with Crippen molar-refractivity contribution in [2.75, 3.05) is 13.1 Å². The fourth-order valence-electron chi connectivity index (χ4n) is 2.40. The second-order valence-electron chi connectivity index (χ2n) is 5.00. The summed E-state index contributed by atoms with van der Waals surface area (Å²) >= 11 is 1.38. The Labute approximate surface area is 121 Å². The Morgan fingerprint density at radius 2 is 2.25 bits per heavy atom. The van der Waals surface area contributed by atoms with Gasteiger partial charge in [-0.15, -0.1) is 11.3 Å². The van der Waals surface area contributed by atoms with Gasteiger partial charge in [0.15, 0.2) is 0 Å². The number of rotatable bonds is 6. The Balaban J connectivity index is 1.78. The topological polar surface area (TPSA) is 82.5 Å². The minimum atomic E-state index is -0.806. The maximum absolute atomic E-state index is 11.9. The first-order valence-electron chi connectivity index (χ1n) is 6.68. The summed E-state index contributed by atoms with van der Waals surface area (Å²) in [6.07, 6.45) is 3.21. The zero-order valence-corrected chi connectivity index (χ0v) is 12.4. The third-order valence-electron chi connectivity index (χ3n) is 3.55. The van der Waals surface area contributed by atoms with Crippen LogP contribution in [0.1, 0.15) is 34.4 Å². The number of hydrogen-bond acceptors (Lipinski definition) is 5. The predicted molar refractivity (Wildman–Crippen MR) is 76.0 cm³/mol. The minimum absolute atomic E-state index is 0.0653. The van der Waals surface area contributed by atoms with Crippen molar-refractivity contribution in [1.29, 1.82) is 0 Å². The first-order chi connectivity index (χ1) is 9.49. The lowest BCUT2D eigenvalue weighted by Gasteiger charge is -2.42. The van der Waals surface area contributed by atoms with E-state index in [0.29, 0.717) is 11.4 Å². The predicted octanol–water partition coefficient (Wildman–Crippen LogP) is 1.12.